The maximum absolute atomic E-state index is 12.8. The topological polar surface area (TPSA) is 35.5 Å². The van der Waals surface area contributed by atoms with E-state index in [0.29, 0.717) is 23.9 Å². The van der Waals surface area contributed by atoms with Crippen molar-refractivity contribution in [1.29, 1.82) is 0 Å². The largest absolute Gasteiger partial charge is 0.463 e. The van der Waals surface area contributed by atoms with Crippen molar-refractivity contribution in [3.05, 3.63) is 88.7 Å². The van der Waals surface area contributed by atoms with Gasteiger partial charge in [0.15, 0.2) is 0 Å². The lowest BCUT2D eigenvalue weighted by Gasteiger charge is -2.32. The van der Waals surface area contributed by atoms with Gasteiger partial charge in [-0.2, -0.15) is 0 Å². The van der Waals surface area contributed by atoms with Gasteiger partial charge < -0.3 is 9.47 Å². The van der Waals surface area contributed by atoms with E-state index in [-0.39, 0.29) is 11.9 Å². The average molecular weight is 360 g/mol. The molecule has 1 fully saturated rings. The molecule has 0 bridgehead atoms. The molecule has 1 aliphatic heterocycles. The molecule has 4 rings (SSSR count). The molecule has 0 aromatic heterocycles. The molecule has 2 aromatic rings. The van der Waals surface area contributed by atoms with E-state index in [1.54, 1.807) is 0 Å². The summed E-state index contributed by atoms with van der Waals surface area (Å²) in [6.07, 6.45) is 2.26. The highest BCUT2D eigenvalue weighted by Crippen LogP contribution is 2.53. The van der Waals surface area contributed by atoms with Gasteiger partial charge >= 0.3 is 5.97 Å². The van der Waals surface area contributed by atoms with Crippen molar-refractivity contribution in [3.8, 4) is 0 Å². The third kappa shape index (κ3) is 3.42. The van der Waals surface area contributed by atoms with Crippen LogP contribution in [0.15, 0.2) is 77.6 Å². The van der Waals surface area contributed by atoms with Crippen LogP contribution in [0.2, 0.25) is 0 Å². The Hall–Kier alpha value is -2.81. The molecule has 0 amide bonds. The molecule has 138 valence electrons. The minimum absolute atomic E-state index is 0.123. The summed E-state index contributed by atoms with van der Waals surface area (Å²) in [4.78, 5) is 12.8. The van der Waals surface area contributed by atoms with Crippen LogP contribution in [0.25, 0.3) is 5.76 Å². The maximum atomic E-state index is 12.8. The maximum Gasteiger partial charge on any atom is 0.338 e. The summed E-state index contributed by atoms with van der Waals surface area (Å²) in [7, 11) is 0. The SMILES string of the molecule is CCOC(=O)C1=C(C)OC(c2ccccc2)=C(C2CC2)[C@@H]1c1ccccc1. The van der Waals surface area contributed by atoms with Crippen LogP contribution in [-0.2, 0) is 14.3 Å². The second-order valence-corrected chi connectivity index (χ2v) is 7.06. The fourth-order valence-electron chi connectivity index (χ4n) is 3.85. The number of allylic oxidation sites excluding steroid dienone is 2. The van der Waals surface area contributed by atoms with Crippen molar-refractivity contribution < 1.29 is 14.3 Å². The first-order chi connectivity index (χ1) is 13.2. The van der Waals surface area contributed by atoms with E-state index < -0.39 is 0 Å². The van der Waals surface area contributed by atoms with Crippen molar-refractivity contribution in [2.45, 2.75) is 32.6 Å². The van der Waals surface area contributed by atoms with Crippen LogP contribution in [0.4, 0.5) is 0 Å². The highest BCUT2D eigenvalue weighted by molar-refractivity contribution is 5.93. The summed E-state index contributed by atoms with van der Waals surface area (Å²) in [5.41, 5.74) is 4.01. The predicted molar refractivity (Wildman–Crippen MR) is 106 cm³/mol. The van der Waals surface area contributed by atoms with Crippen LogP contribution in [0, 0.1) is 5.92 Å². The van der Waals surface area contributed by atoms with E-state index in [9.17, 15) is 4.79 Å². The number of rotatable bonds is 5. The van der Waals surface area contributed by atoms with E-state index in [2.05, 4.69) is 24.3 Å². The van der Waals surface area contributed by atoms with Gasteiger partial charge in [-0.3, -0.25) is 0 Å². The third-order valence-corrected chi connectivity index (χ3v) is 5.18. The lowest BCUT2D eigenvalue weighted by molar-refractivity contribution is -0.139. The van der Waals surface area contributed by atoms with Crippen LogP contribution in [0.1, 0.15) is 43.7 Å². The molecule has 2 aliphatic rings. The average Bonchev–Trinajstić information content (AvgIpc) is 3.53. The van der Waals surface area contributed by atoms with Gasteiger partial charge in [0.2, 0.25) is 0 Å². The highest BCUT2D eigenvalue weighted by Gasteiger charge is 2.43. The molecule has 1 atom stereocenters. The molecule has 1 aliphatic carbocycles. The number of ether oxygens (including phenoxy) is 2. The Labute approximate surface area is 160 Å². The molecule has 2 aromatic carbocycles. The van der Waals surface area contributed by atoms with E-state index in [4.69, 9.17) is 9.47 Å². The van der Waals surface area contributed by atoms with Gasteiger partial charge in [-0.05, 0) is 43.7 Å². The van der Waals surface area contributed by atoms with Gasteiger partial charge in [0, 0.05) is 11.5 Å². The summed E-state index contributed by atoms with van der Waals surface area (Å²) < 4.78 is 11.7. The van der Waals surface area contributed by atoms with Crippen LogP contribution in [0.5, 0.6) is 0 Å². The summed E-state index contributed by atoms with van der Waals surface area (Å²) >= 11 is 0. The Bertz CT molecular complexity index is 890. The monoisotopic (exact) mass is 360 g/mol. The Kier molecular flexibility index (Phi) is 4.85. The van der Waals surface area contributed by atoms with Crippen LogP contribution >= 0.6 is 0 Å². The second kappa shape index (κ2) is 7.43. The first-order valence-electron chi connectivity index (χ1n) is 9.60. The number of esters is 1. The van der Waals surface area contributed by atoms with Crippen molar-refractivity contribution in [3.63, 3.8) is 0 Å². The standard InChI is InChI=1S/C24H24O3/c1-3-26-24(25)20-16(2)27-23(19-12-8-5-9-13-19)22(18-14-15-18)21(20)17-10-6-4-7-11-17/h4-13,18,21H,3,14-15H2,1-2H3/t21-/m1/s1. The van der Waals surface area contributed by atoms with Crippen molar-refractivity contribution >= 4 is 11.7 Å². The van der Waals surface area contributed by atoms with Gasteiger partial charge in [-0.15, -0.1) is 0 Å². The van der Waals surface area contributed by atoms with E-state index in [0.717, 1.165) is 29.7 Å². The van der Waals surface area contributed by atoms with Gasteiger partial charge in [0.25, 0.3) is 0 Å². The number of hydrogen-bond donors (Lipinski definition) is 0. The van der Waals surface area contributed by atoms with Gasteiger partial charge in [0.1, 0.15) is 11.5 Å². The van der Waals surface area contributed by atoms with Gasteiger partial charge in [0.05, 0.1) is 12.2 Å². The van der Waals surface area contributed by atoms with Gasteiger partial charge in [-0.25, -0.2) is 4.79 Å². The number of carbonyl (C=O) groups excluding carboxylic acids is 1. The molecular weight excluding hydrogens is 336 g/mol. The van der Waals surface area contributed by atoms with Crippen molar-refractivity contribution in [2.24, 2.45) is 5.92 Å². The van der Waals surface area contributed by atoms with Crippen LogP contribution < -0.4 is 0 Å². The van der Waals surface area contributed by atoms with E-state index in [1.165, 1.54) is 5.57 Å². The quantitative estimate of drug-likeness (QED) is 0.664. The summed E-state index contributed by atoms with van der Waals surface area (Å²) in [5, 5.41) is 0. The Morgan fingerprint density at radius 1 is 1.04 bits per heavy atom. The molecule has 1 heterocycles. The Morgan fingerprint density at radius 2 is 1.67 bits per heavy atom. The van der Waals surface area contributed by atoms with Gasteiger partial charge in [-0.1, -0.05) is 60.7 Å². The molecule has 3 nitrogen and oxygen atoms in total. The van der Waals surface area contributed by atoms with Crippen molar-refractivity contribution in [1.82, 2.24) is 0 Å². The molecule has 0 N–H and O–H groups in total. The van der Waals surface area contributed by atoms with Crippen molar-refractivity contribution in [2.75, 3.05) is 6.61 Å². The molecular formula is C24H24O3. The van der Waals surface area contributed by atoms with E-state index >= 15 is 0 Å². The molecule has 0 spiro atoms. The summed E-state index contributed by atoms with van der Waals surface area (Å²) in [6.45, 7) is 4.06. The Morgan fingerprint density at radius 3 is 2.26 bits per heavy atom. The summed E-state index contributed by atoms with van der Waals surface area (Å²) in [6, 6.07) is 20.4. The minimum atomic E-state index is -0.283. The third-order valence-electron chi connectivity index (χ3n) is 5.18. The lowest BCUT2D eigenvalue weighted by atomic mass is 9.79. The normalized spacial score (nSPS) is 19.7. The molecule has 3 heteroatoms. The molecule has 0 radical (unpaired) electrons. The number of hydrogen-bond acceptors (Lipinski definition) is 3. The number of carbonyl (C=O) groups is 1. The zero-order chi connectivity index (χ0) is 18.8. The molecule has 1 saturated carbocycles. The fourth-order valence-corrected chi connectivity index (χ4v) is 3.85. The first-order valence-corrected chi connectivity index (χ1v) is 9.60. The smallest absolute Gasteiger partial charge is 0.338 e. The van der Waals surface area contributed by atoms with Crippen LogP contribution in [-0.4, -0.2) is 12.6 Å². The van der Waals surface area contributed by atoms with E-state index in [1.807, 2.05) is 50.2 Å². The lowest BCUT2D eigenvalue weighted by Crippen LogP contribution is -2.24. The fraction of sp³-hybridized carbons (Fsp3) is 0.292. The first kappa shape index (κ1) is 17.6. The predicted octanol–water partition coefficient (Wildman–Crippen LogP) is 5.46. The zero-order valence-corrected chi connectivity index (χ0v) is 15.8. The second-order valence-electron chi connectivity index (χ2n) is 7.06. The molecule has 0 unspecified atom stereocenters. The van der Waals surface area contributed by atoms with Crippen LogP contribution in [0.3, 0.4) is 0 Å². The number of benzene rings is 2. The zero-order valence-electron chi connectivity index (χ0n) is 15.8. The Balaban J connectivity index is 1.91. The molecule has 27 heavy (non-hydrogen) atoms. The molecule has 0 saturated heterocycles. The highest BCUT2D eigenvalue weighted by atomic mass is 16.5. The minimum Gasteiger partial charge on any atom is -0.463 e. The summed E-state index contributed by atoms with van der Waals surface area (Å²) in [5.74, 6) is 1.57.